The van der Waals surface area contributed by atoms with Gasteiger partial charge in [0.2, 0.25) is 0 Å². The zero-order chi connectivity index (χ0) is 19.4. The Hall–Kier alpha value is -2.63. The molecule has 1 atom stereocenters. The third kappa shape index (κ3) is 4.76. The molecule has 3 rings (SSSR count). The van der Waals surface area contributed by atoms with Crippen LogP contribution in [0.1, 0.15) is 22.7 Å². The number of nitrogens with one attached hydrogen (secondary N) is 1. The standard InChI is InChI=1S/C19H17F4N3O/c20-17-6-3-14(11-15(17)12-24)18(26-9-7-25-8-10-26)13-1-4-16(5-2-13)27-19(21,22)23/h1-6,11,18,25H,7-10H2/t18-/m1/s1. The molecular formula is C19H17F4N3O. The largest absolute Gasteiger partial charge is 0.573 e. The number of nitrogens with zero attached hydrogens (tertiary/aromatic N) is 2. The van der Waals surface area contributed by atoms with E-state index in [1.54, 1.807) is 18.2 Å². The lowest BCUT2D eigenvalue weighted by molar-refractivity contribution is -0.274. The molecule has 0 spiro atoms. The Labute approximate surface area is 154 Å². The summed E-state index contributed by atoms with van der Waals surface area (Å²) in [5, 5.41) is 12.4. The summed E-state index contributed by atoms with van der Waals surface area (Å²) in [6, 6.07) is 11.5. The smallest absolute Gasteiger partial charge is 0.406 e. The van der Waals surface area contributed by atoms with Gasteiger partial charge in [-0.05, 0) is 35.4 Å². The van der Waals surface area contributed by atoms with Gasteiger partial charge in [-0.15, -0.1) is 13.2 Å². The Kier molecular flexibility index (Phi) is 5.63. The first kappa shape index (κ1) is 19.1. The minimum atomic E-state index is -4.75. The SMILES string of the molecule is N#Cc1cc([C@@H](c2ccc(OC(F)(F)F)cc2)N2CCNCC2)ccc1F. The van der Waals surface area contributed by atoms with E-state index < -0.39 is 12.2 Å². The Morgan fingerprint density at radius 2 is 1.67 bits per heavy atom. The highest BCUT2D eigenvalue weighted by atomic mass is 19.4. The van der Waals surface area contributed by atoms with Gasteiger partial charge in [-0.3, -0.25) is 4.90 Å². The van der Waals surface area contributed by atoms with Crippen molar-refractivity contribution in [3.63, 3.8) is 0 Å². The Bertz CT molecular complexity index is 824. The predicted octanol–water partition coefficient (Wildman–Crippen LogP) is 3.59. The maximum absolute atomic E-state index is 13.7. The van der Waals surface area contributed by atoms with Crippen LogP contribution in [0.5, 0.6) is 5.75 Å². The molecule has 27 heavy (non-hydrogen) atoms. The summed E-state index contributed by atoms with van der Waals surface area (Å²) in [5.74, 6) is -0.906. The second-order valence-corrected chi connectivity index (χ2v) is 6.16. The molecule has 1 N–H and O–H groups in total. The van der Waals surface area contributed by atoms with Crippen LogP contribution in [-0.2, 0) is 0 Å². The molecule has 1 fully saturated rings. The highest BCUT2D eigenvalue weighted by Crippen LogP contribution is 2.32. The molecule has 0 amide bonds. The lowest BCUT2D eigenvalue weighted by atomic mass is 9.95. The van der Waals surface area contributed by atoms with Crippen molar-refractivity contribution in [2.45, 2.75) is 12.4 Å². The van der Waals surface area contributed by atoms with Crippen molar-refractivity contribution in [1.29, 1.82) is 5.26 Å². The number of hydrogen-bond acceptors (Lipinski definition) is 4. The Balaban J connectivity index is 1.96. The topological polar surface area (TPSA) is 48.3 Å². The molecule has 0 aromatic heterocycles. The number of rotatable bonds is 4. The van der Waals surface area contributed by atoms with Gasteiger partial charge in [0.05, 0.1) is 11.6 Å². The molecule has 4 nitrogen and oxygen atoms in total. The number of piperazine rings is 1. The van der Waals surface area contributed by atoms with Crippen LogP contribution in [0.15, 0.2) is 42.5 Å². The van der Waals surface area contributed by atoms with Crippen LogP contribution in [0.2, 0.25) is 0 Å². The summed E-state index contributed by atoms with van der Waals surface area (Å²) < 4.78 is 54.8. The molecule has 1 aliphatic heterocycles. The van der Waals surface area contributed by atoms with Crippen LogP contribution in [0.3, 0.4) is 0 Å². The van der Waals surface area contributed by atoms with Crippen LogP contribution >= 0.6 is 0 Å². The van der Waals surface area contributed by atoms with Crippen LogP contribution in [0, 0.1) is 17.1 Å². The van der Waals surface area contributed by atoms with Crippen molar-refractivity contribution >= 4 is 0 Å². The minimum absolute atomic E-state index is 0.0651. The number of nitriles is 1. The molecule has 1 aliphatic rings. The molecule has 2 aromatic carbocycles. The first-order chi connectivity index (χ1) is 12.9. The zero-order valence-electron chi connectivity index (χ0n) is 14.3. The Morgan fingerprint density at radius 1 is 1.04 bits per heavy atom. The number of halogens is 4. The highest BCUT2D eigenvalue weighted by molar-refractivity contribution is 5.41. The summed E-state index contributed by atoms with van der Waals surface area (Å²) in [6.45, 7) is 2.95. The average Bonchev–Trinajstić information content (AvgIpc) is 2.64. The minimum Gasteiger partial charge on any atom is -0.406 e. The van der Waals surface area contributed by atoms with Crippen molar-refractivity contribution in [3.8, 4) is 11.8 Å². The van der Waals surface area contributed by atoms with E-state index in [9.17, 15) is 17.6 Å². The quantitative estimate of drug-likeness (QED) is 0.825. The van der Waals surface area contributed by atoms with E-state index in [-0.39, 0.29) is 17.4 Å². The van der Waals surface area contributed by atoms with Crippen molar-refractivity contribution in [1.82, 2.24) is 10.2 Å². The third-order valence-electron chi connectivity index (χ3n) is 4.37. The molecule has 0 saturated carbocycles. The molecule has 142 valence electrons. The average molecular weight is 379 g/mol. The van der Waals surface area contributed by atoms with Crippen molar-refractivity contribution in [2.75, 3.05) is 26.2 Å². The lowest BCUT2D eigenvalue weighted by Gasteiger charge is -2.35. The van der Waals surface area contributed by atoms with E-state index in [4.69, 9.17) is 5.26 Å². The van der Waals surface area contributed by atoms with E-state index >= 15 is 0 Å². The number of hydrogen-bond donors (Lipinski definition) is 1. The van der Waals surface area contributed by atoms with E-state index in [2.05, 4.69) is 15.0 Å². The second-order valence-electron chi connectivity index (χ2n) is 6.16. The lowest BCUT2D eigenvalue weighted by Crippen LogP contribution is -2.45. The molecule has 0 unspecified atom stereocenters. The van der Waals surface area contributed by atoms with E-state index in [1.165, 1.54) is 24.3 Å². The van der Waals surface area contributed by atoms with Crippen LogP contribution < -0.4 is 10.1 Å². The third-order valence-corrected chi connectivity index (χ3v) is 4.37. The summed E-state index contributed by atoms with van der Waals surface area (Å²) in [7, 11) is 0. The molecular weight excluding hydrogens is 362 g/mol. The fourth-order valence-corrected chi connectivity index (χ4v) is 3.20. The maximum atomic E-state index is 13.7. The van der Waals surface area contributed by atoms with E-state index in [0.717, 1.165) is 18.7 Å². The van der Waals surface area contributed by atoms with Crippen molar-refractivity contribution in [2.24, 2.45) is 0 Å². The molecule has 0 aliphatic carbocycles. The zero-order valence-corrected chi connectivity index (χ0v) is 14.3. The number of benzene rings is 2. The van der Waals surface area contributed by atoms with E-state index in [1.807, 2.05) is 6.07 Å². The first-order valence-corrected chi connectivity index (χ1v) is 8.37. The summed E-state index contributed by atoms with van der Waals surface area (Å²) in [4.78, 5) is 2.14. The van der Waals surface area contributed by atoms with Crippen LogP contribution in [-0.4, -0.2) is 37.4 Å². The van der Waals surface area contributed by atoms with Gasteiger partial charge in [0.25, 0.3) is 0 Å². The van der Waals surface area contributed by atoms with Crippen LogP contribution in [0.4, 0.5) is 17.6 Å². The molecule has 1 saturated heterocycles. The number of alkyl halides is 3. The first-order valence-electron chi connectivity index (χ1n) is 8.37. The second kappa shape index (κ2) is 7.94. The van der Waals surface area contributed by atoms with Gasteiger partial charge in [0.15, 0.2) is 0 Å². The molecule has 2 aromatic rings. The fraction of sp³-hybridized carbons (Fsp3) is 0.316. The van der Waals surface area contributed by atoms with Gasteiger partial charge >= 0.3 is 6.36 Å². The van der Waals surface area contributed by atoms with Gasteiger partial charge < -0.3 is 10.1 Å². The van der Waals surface area contributed by atoms with E-state index in [0.29, 0.717) is 18.7 Å². The highest BCUT2D eigenvalue weighted by Gasteiger charge is 2.31. The van der Waals surface area contributed by atoms with Crippen molar-refractivity contribution in [3.05, 3.63) is 65.0 Å². The van der Waals surface area contributed by atoms with Crippen LogP contribution in [0.25, 0.3) is 0 Å². The van der Waals surface area contributed by atoms with Gasteiger partial charge in [0.1, 0.15) is 17.6 Å². The van der Waals surface area contributed by atoms with Crippen molar-refractivity contribution < 1.29 is 22.3 Å². The van der Waals surface area contributed by atoms with Gasteiger partial charge in [-0.1, -0.05) is 18.2 Å². The summed E-state index contributed by atoms with van der Waals surface area (Å²) in [6.07, 6.45) is -4.75. The summed E-state index contributed by atoms with van der Waals surface area (Å²) >= 11 is 0. The molecule has 8 heteroatoms. The molecule has 1 heterocycles. The predicted molar refractivity (Wildman–Crippen MR) is 90.5 cm³/mol. The normalized spacial score (nSPS) is 16.6. The monoisotopic (exact) mass is 379 g/mol. The maximum Gasteiger partial charge on any atom is 0.573 e. The Morgan fingerprint density at radius 3 is 2.26 bits per heavy atom. The van der Waals surface area contributed by atoms with Gasteiger partial charge in [0, 0.05) is 26.2 Å². The van der Waals surface area contributed by atoms with Gasteiger partial charge in [-0.25, -0.2) is 4.39 Å². The number of ether oxygens (including phenoxy) is 1. The fourth-order valence-electron chi connectivity index (χ4n) is 3.20. The summed E-state index contributed by atoms with van der Waals surface area (Å²) in [5.41, 5.74) is 1.38. The molecule has 0 radical (unpaired) electrons. The molecule has 0 bridgehead atoms. The van der Waals surface area contributed by atoms with Gasteiger partial charge in [-0.2, -0.15) is 5.26 Å².